The van der Waals surface area contributed by atoms with Gasteiger partial charge in [0.2, 0.25) is 0 Å². The zero-order valence-electron chi connectivity index (χ0n) is 21.9. The van der Waals surface area contributed by atoms with E-state index in [-0.39, 0.29) is 65.9 Å². The minimum Gasteiger partial charge on any atom is -0.457 e. The maximum atomic E-state index is 13.2. The van der Waals surface area contributed by atoms with Crippen LogP contribution >= 0.6 is 11.8 Å². The predicted octanol–water partition coefficient (Wildman–Crippen LogP) is 3.88. The summed E-state index contributed by atoms with van der Waals surface area (Å²) in [5.41, 5.74) is -0.254. The molecule has 3 saturated carbocycles. The minimum absolute atomic E-state index is 0.0704. The minimum atomic E-state index is -0.767. The topological polar surface area (TPSA) is 107 Å². The summed E-state index contributed by atoms with van der Waals surface area (Å²) in [4.78, 5) is 49.9. The summed E-state index contributed by atoms with van der Waals surface area (Å²) in [6.45, 7) is 7.70. The van der Waals surface area contributed by atoms with E-state index in [2.05, 4.69) is 13.8 Å². The molecule has 198 valence electrons. The van der Waals surface area contributed by atoms with E-state index in [0.29, 0.717) is 18.6 Å². The molecule has 0 spiro atoms. The Hall–Kier alpha value is -1.93. The first kappa shape index (κ1) is 27.1. The lowest BCUT2D eigenvalue weighted by atomic mass is 9.44. The number of hydrogen-bond donors (Lipinski definition) is 1. The number of allylic oxidation sites excluding steroid dienone is 3. The monoisotopic (exact) mass is 518 g/mol. The molecule has 0 amide bonds. The molecule has 8 heteroatoms. The highest BCUT2D eigenvalue weighted by atomic mass is 32.2. The van der Waals surface area contributed by atoms with Crippen LogP contribution in [0, 0.1) is 40.4 Å². The second-order valence-corrected chi connectivity index (χ2v) is 12.3. The molecule has 1 N–H and O–H groups in total. The Balaban J connectivity index is 1.64. The highest BCUT2D eigenvalue weighted by Crippen LogP contribution is 2.68. The molecule has 0 heterocycles. The van der Waals surface area contributed by atoms with Crippen LogP contribution < -0.4 is 0 Å². The molecule has 0 radical (unpaired) electrons. The zero-order chi connectivity index (χ0) is 26.4. The Morgan fingerprint density at radius 1 is 1.17 bits per heavy atom. The van der Waals surface area contributed by atoms with Crippen LogP contribution in [0.1, 0.15) is 59.8 Å². The molecule has 4 rings (SSSR count). The largest absolute Gasteiger partial charge is 0.457 e. The normalized spacial score (nSPS) is 39.2. The molecule has 8 atom stereocenters. The van der Waals surface area contributed by atoms with Gasteiger partial charge in [0.1, 0.15) is 12.4 Å². The van der Waals surface area contributed by atoms with Gasteiger partial charge < -0.3 is 14.6 Å². The highest BCUT2D eigenvalue weighted by Gasteiger charge is 2.65. The molecule has 7 nitrogen and oxygen atoms in total. The van der Waals surface area contributed by atoms with Crippen LogP contribution in [0.25, 0.3) is 0 Å². The summed E-state index contributed by atoms with van der Waals surface area (Å²) in [6.07, 6.45) is 7.14. The molecular formula is C28H38O7S. The fourth-order valence-corrected chi connectivity index (χ4v) is 8.40. The Morgan fingerprint density at radius 2 is 1.89 bits per heavy atom. The van der Waals surface area contributed by atoms with Crippen LogP contribution in [-0.4, -0.2) is 53.3 Å². The van der Waals surface area contributed by atoms with Crippen LogP contribution in [0.3, 0.4) is 0 Å². The highest BCUT2D eigenvalue weighted by molar-refractivity contribution is 7.99. The average Bonchev–Trinajstić information content (AvgIpc) is 3.15. The van der Waals surface area contributed by atoms with Gasteiger partial charge in [-0.15, -0.1) is 0 Å². The lowest BCUT2D eigenvalue weighted by Crippen LogP contribution is -2.59. The molecular weight excluding hydrogens is 480 g/mol. The summed E-state index contributed by atoms with van der Waals surface area (Å²) >= 11 is 1.36. The number of ether oxygens (including phenoxy) is 2. The Labute approximate surface area is 217 Å². The average molecular weight is 519 g/mol. The SMILES string of the molecule is CCC(=O)OC1=CC(=O)C=C2C(C)C[C@@H]3[C@H](C(O)C[C@]4(C)[C@@H](C(=O)COC(=O)CSC)CC[C@@H]34)[C@@]12C. The summed E-state index contributed by atoms with van der Waals surface area (Å²) in [7, 11) is 0. The lowest BCUT2D eigenvalue weighted by molar-refractivity contribution is -0.157. The van der Waals surface area contributed by atoms with Gasteiger partial charge in [0.05, 0.1) is 17.3 Å². The van der Waals surface area contributed by atoms with Crippen LogP contribution in [0.15, 0.2) is 23.5 Å². The first-order chi connectivity index (χ1) is 17.0. The molecule has 3 fully saturated rings. The number of Topliss-reactive ketones (excluding diaryl/α,β-unsaturated/α-hetero) is 1. The summed E-state index contributed by atoms with van der Waals surface area (Å²) in [6, 6.07) is 0. The number of aliphatic hydroxyl groups is 1. The molecule has 0 aliphatic heterocycles. The van der Waals surface area contributed by atoms with Crippen molar-refractivity contribution in [1.82, 2.24) is 0 Å². The first-order valence-electron chi connectivity index (χ1n) is 13.0. The van der Waals surface area contributed by atoms with Crippen molar-refractivity contribution in [2.24, 2.45) is 40.4 Å². The van der Waals surface area contributed by atoms with Crippen LogP contribution in [-0.2, 0) is 28.7 Å². The third-order valence-electron chi connectivity index (χ3n) is 9.50. The number of esters is 2. The second-order valence-electron chi connectivity index (χ2n) is 11.4. The number of hydrogen-bond acceptors (Lipinski definition) is 8. The van der Waals surface area contributed by atoms with Crippen LogP contribution in [0.2, 0.25) is 0 Å². The third-order valence-corrected chi connectivity index (χ3v) is 10.0. The fraction of sp³-hybridized carbons (Fsp3) is 0.714. The third kappa shape index (κ3) is 4.38. The van der Waals surface area contributed by atoms with E-state index in [1.54, 1.807) is 13.0 Å². The van der Waals surface area contributed by atoms with E-state index < -0.39 is 22.9 Å². The van der Waals surface area contributed by atoms with Crippen molar-refractivity contribution in [2.75, 3.05) is 18.6 Å². The number of aliphatic hydroxyl groups excluding tert-OH is 1. The number of ketones is 2. The first-order valence-corrected chi connectivity index (χ1v) is 14.4. The molecule has 0 aromatic carbocycles. The van der Waals surface area contributed by atoms with Crippen molar-refractivity contribution in [3.05, 3.63) is 23.5 Å². The summed E-state index contributed by atoms with van der Waals surface area (Å²) in [5.74, 6) is -0.629. The van der Waals surface area contributed by atoms with E-state index in [9.17, 15) is 24.3 Å². The molecule has 0 bridgehead atoms. The number of rotatable bonds is 7. The van der Waals surface area contributed by atoms with E-state index in [0.717, 1.165) is 18.4 Å². The molecule has 4 aliphatic carbocycles. The van der Waals surface area contributed by atoms with Crippen molar-refractivity contribution in [3.8, 4) is 0 Å². The molecule has 2 unspecified atom stereocenters. The summed E-state index contributed by atoms with van der Waals surface area (Å²) in [5, 5.41) is 11.7. The molecule has 4 aliphatic rings. The van der Waals surface area contributed by atoms with E-state index in [1.165, 1.54) is 17.8 Å². The van der Waals surface area contributed by atoms with Gasteiger partial charge in [0.25, 0.3) is 0 Å². The van der Waals surface area contributed by atoms with Crippen LogP contribution in [0.5, 0.6) is 0 Å². The van der Waals surface area contributed by atoms with Crippen molar-refractivity contribution < 1.29 is 33.8 Å². The van der Waals surface area contributed by atoms with Crippen molar-refractivity contribution in [2.45, 2.75) is 65.9 Å². The molecule has 0 aromatic heterocycles. The number of carbonyl (C=O) groups is 4. The van der Waals surface area contributed by atoms with Gasteiger partial charge in [-0.3, -0.25) is 19.2 Å². The van der Waals surface area contributed by atoms with E-state index in [1.807, 2.05) is 13.2 Å². The fourth-order valence-electron chi connectivity index (χ4n) is 8.08. The van der Waals surface area contributed by atoms with Gasteiger partial charge in [-0.1, -0.05) is 20.8 Å². The maximum absolute atomic E-state index is 13.2. The van der Waals surface area contributed by atoms with E-state index in [4.69, 9.17) is 9.47 Å². The zero-order valence-corrected chi connectivity index (χ0v) is 22.7. The molecule has 0 saturated heterocycles. The van der Waals surface area contributed by atoms with Gasteiger partial charge in [-0.25, -0.2) is 0 Å². The second kappa shape index (κ2) is 10.1. The van der Waals surface area contributed by atoms with Crippen molar-refractivity contribution in [3.63, 3.8) is 0 Å². The summed E-state index contributed by atoms with van der Waals surface area (Å²) < 4.78 is 11.0. The molecule has 36 heavy (non-hydrogen) atoms. The van der Waals surface area contributed by atoms with Gasteiger partial charge in [-0.05, 0) is 73.7 Å². The van der Waals surface area contributed by atoms with Gasteiger partial charge in [0, 0.05) is 24.3 Å². The Kier molecular flexibility index (Phi) is 7.60. The quantitative estimate of drug-likeness (QED) is 0.506. The number of thioether (sulfide) groups is 1. The maximum Gasteiger partial charge on any atom is 0.316 e. The lowest BCUT2D eigenvalue weighted by Gasteiger charge is -2.60. The van der Waals surface area contributed by atoms with Crippen molar-refractivity contribution >= 4 is 35.3 Å². The predicted molar refractivity (Wildman–Crippen MR) is 136 cm³/mol. The van der Waals surface area contributed by atoms with Crippen LogP contribution in [0.4, 0.5) is 0 Å². The number of carbonyl (C=O) groups excluding carboxylic acids is 4. The van der Waals surface area contributed by atoms with Crippen molar-refractivity contribution in [1.29, 1.82) is 0 Å². The Morgan fingerprint density at radius 3 is 2.56 bits per heavy atom. The standard InChI is InChI=1S/C28H38O7S/c1-6-24(32)35-23-11-16(29)10-20-15(2)9-17-18-7-8-19(22(31)13-34-25(33)14-36-5)27(18,3)12-21(30)26(17)28(20,23)4/h10-11,15,17-19,21,26,30H,6-9,12-14H2,1-5H3/t15?,17-,18-,19+,21?,26+,27-,28+/m0/s1. The Bertz CT molecular complexity index is 1020. The van der Waals surface area contributed by atoms with E-state index >= 15 is 0 Å². The molecule has 0 aromatic rings. The number of fused-ring (bicyclic) bond motifs is 5. The van der Waals surface area contributed by atoms with Gasteiger partial charge >= 0.3 is 11.9 Å². The van der Waals surface area contributed by atoms with Gasteiger partial charge in [0.15, 0.2) is 11.6 Å². The smallest absolute Gasteiger partial charge is 0.316 e. The van der Waals surface area contributed by atoms with Gasteiger partial charge in [-0.2, -0.15) is 11.8 Å².